The summed E-state index contributed by atoms with van der Waals surface area (Å²) in [5.74, 6) is 0. The summed E-state index contributed by atoms with van der Waals surface area (Å²) in [6.07, 6.45) is 3.38. The highest BCUT2D eigenvalue weighted by Gasteiger charge is 2.33. The summed E-state index contributed by atoms with van der Waals surface area (Å²) < 4.78 is 30.1. The van der Waals surface area contributed by atoms with Crippen LogP contribution in [-0.4, -0.2) is 60.6 Å². The summed E-state index contributed by atoms with van der Waals surface area (Å²) in [4.78, 5) is 2.53. The Bertz CT molecular complexity index is 838. The topological polar surface area (TPSA) is 58.4 Å². The third-order valence-corrected chi connectivity index (χ3v) is 7.05. The Hall–Kier alpha value is -1.70. The van der Waals surface area contributed by atoms with Crippen molar-refractivity contribution in [3.63, 3.8) is 0 Å². The van der Waals surface area contributed by atoms with Crippen LogP contribution in [-0.2, 0) is 10.0 Å². The fourth-order valence-corrected chi connectivity index (χ4v) is 4.89. The molecule has 0 spiro atoms. The number of aromatic nitrogens is 2. The van der Waals surface area contributed by atoms with E-state index in [0.29, 0.717) is 10.6 Å². The summed E-state index contributed by atoms with van der Waals surface area (Å²) in [5, 5.41) is 4.59. The van der Waals surface area contributed by atoms with E-state index in [0.717, 1.165) is 31.5 Å². The Morgan fingerprint density at radius 1 is 1.15 bits per heavy atom. The van der Waals surface area contributed by atoms with Gasteiger partial charge in [0.1, 0.15) is 10.6 Å². The van der Waals surface area contributed by atoms with E-state index in [1.54, 1.807) is 22.2 Å². The first kappa shape index (κ1) is 19.1. The van der Waals surface area contributed by atoms with E-state index < -0.39 is 10.0 Å². The van der Waals surface area contributed by atoms with Crippen LogP contribution in [0.1, 0.15) is 32.7 Å². The van der Waals surface area contributed by atoms with E-state index in [1.807, 2.05) is 44.2 Å². The molecule has 2 heterocycles. The highest BCUT2D eigenvalue weighted by Crippen LogP contribution is 2.31. The summed E-state index contributed by atoms with van der Waals surface area (Å²) >= 11 is 0. The molecular formula is C19H28N4O2S. The van der Waals surface area contributed by atoms with Gasteiger partial charge in [-0.2, -0.15) is 9.40 Å². The van der Waals surface area contributed by atoms with Gasteiger partial charge in [-0.05, 0) is 46.8 Å². The van der Waals surface area contributed by atoms with Gasteiger partial charge >= 0.3 is 0 Å². The molecule has 7 heteroatoms. The minimum atomic E-state index is -3.62. The first-order valence-corrected chi connectivity index (χ1v) is 10.6. The lowest BCUT2D eigenvalue weighted by Crippen LogP contribution is -2.44. The van der Waals surface area contributed by atoms with E-state index in [2.05, 4.69) is 17.0 Å². The highest BCUT2D eigenvalue weighted by molar-refractivity contribution is 7.89. The van der Waals surface area contributed by atoms with Gasteiger partial charge in [0.2, 0.25) is 10.0 Å². The van der Waals surface area contributed by atoms with Crippen molar-refractivity contribution in [2.45, 2.75) is 43.7 Å². The van der Waals surface area contributed by atoms with Gasteiger partial charge in [-0.1, -0.05) is 30.3 Å². The largest absolute Gasteiger partial charge is 0.306 e. The first-order valence-electron chi connectivity index (χ1n) is 9.12. The molecule has 0 bridgehead atoms. The number of benzene rings is 1. The zero-order valence-corrected chi connectivity index (χ0v) is 16.8. The van der Waals surface area contributed by atoms with Crippen LogP contribution in [0.4, 0.5) is 0 Å². The van der Waals surface area contributed by atoms with E-state index in [-0.39, 0.29) is 12.1 Å². The van der Waals surface area contributed by atoms with E-state index >= 15 is 0 Å². The summed E-state index contributed by atoms with van der Waals surface area (Å²) in [5.41, 5.74) is 1.35. The molecule has 0 saturated carbocycles. The van der Waals surface area contributed by atoms with Crippen molar-refractivity contribution in [2.24, 2.45) is 0 Å². The van der Waals surface area contributed by atoms with E-state index in [9.17, 15) is 8.42 Å². The third-order valence-electron chi connectivity index (χ3n) is 5.13. The number of hydrogen-bond donors (Lipinski definition) is 0. The molecule has 0 atom stereocenters. The minimum absolute atomic E-state index is 0.0298. The average molecular weight is 377 g/mol. The standard InChI is InChI=1S/C19H28N4O2S/c1-15(2)23-14-18(19(20-23)16-8-6-5-7-9-16)26(24,25)22(4)17-10-12-21(3)13-11-17/h5-9,14-15,17H,10-13H2,1-4H3. The molecular weight excluding hydrogens is 348 g/mol. The number of hydrogen-bond acceptors (Lipinski definition) is 4. The van der Waals surface area contributed by atoms with Crippen molar-refractivity contribution >= 4 is 10.0 Å². The molecule has 1 aromatic heterocycles. The minimum Gasteiger partial charge on any atom is -0.306 e. The lowest BCUT2D eigenvalue weighted by Gasteiger charge is -2.34. The van der Waals surface area contributed by atoms with Gasteiger partial charge in [0.25, 0.3) is 0 Å². The fraction of sp³-hybridized carbons (Fsp3) is 0.526. The molecule has 0 amide bonds. The number of nitrogens with zero attached hydrogens (tertiary/aromatic N) is 4. The molecule has 0 radical (unpaired) electrons. The molecule has 1 aliphatic rings. The van der Waals surface area contributed by atoms with E-state index in [4.69, 9.17) is 0 Å². The zero-order valence-electron chi connectivity index (χ0n) is 16.0. The average Bonchev–Trinajstić information content (AvgIpc) is 3.09. The molecule has 1 fully saturated rings. The molecule has 1 aromatic carbocycles. The predicted octanol–water partition coefficient (Wildman–Crippen LogP) is 2.85. The van der Waals surface area contributed by atoms with Crippen LogP contribution >= 0.6 is 0 Å². The van der Waals surface area contributed by atoms with Crippen molar-refractivity contribution in [3.8, 4) is 11.3 Å². The number of piperidine rings is 1. The molecule has 3 rings (SSSR count). The van der Waals surface area contributed by atoms with Crippen LogP contribution < -0.4 is 0 Å². The molecule has 2 aromatic rings. The Morgan fingerprint density at radius 2 is 1.77 bits per heavy atom. The molecule has 0 unspecified atom stereocenters. The lowest BCUT2D eigenvalue weighted by molar-refractivity contribution is 0.197. The Morgan fingerprint density at radius 3 is 2.35 bits per heavy atom. The molecule has 0 N–H and O–H groups in total. The summed E-state index contributed by atoms with van der Waals surface area (Å²) in [7, 11) is 0.159. The molecule has 0 aliphatic carbocycles. The Balaban J connectivity index is 2.01. The second-order valence-electron chi connectivity index (χ2n) is 7.34. The van der Waals surface area contributed by atoms with Crippen LogP contribution in [0.2, 0.25) is 0 Å². The van der Waals surface area contributed by atoms with Crippen molar-refractivity contribution in [1.82, 2.24) is 19.0 Å². The second kappa shape index (κ2) is 7.50. The van der Waals surface area contributed by atoms with Crippen LogP contribution in [0.5, 0.6) is 0 Å². The van der Waals surface area contributed by atoms with Gasteiger partial charge in [0.15, 0.2) is 0 Å². The normalized spacial score (nSPS) is 17.3. The molecule has 142 valence electrons. The predicted molar refractivity (Wildman–Crippen MR) is 104 cm³/mol. The second-order valence-corrected chi connectivity index (χ2v) is 9.30. The van der Waals surface area contributed by atoms with Crippen LogP contribution in [0.25, 0.3) is 11.3 Å². The lowest BCUT2D eigenvalue weighted by atomic mass is 10.1. The SMILES string of the molecule is CC(C)n1cc(S(=O)(=O)N(C)C2CCN(C)CC2)c(-c2ccccc2)n1. The Kier molecular flexibility index (Phi) is 5.50. The van der Waals surface area contributed by atoms with Gasteiger partial charge < -0.3 is 4.90 Å². The van der Waals surface area contributed by atoms with Crippen molar-refractivity contribution < 1.29 is 8.42 Å². The smallest absolute Gasteiger partial charge is 0.246 e. The maximum Gasteiger partial charge on any atom is 0.246 e. The quantitative estimate of drug-likeness (QED) is 0.805. The zero-order chi connectivity index (χ0) is 18.9. The number of rotatable bonds is 5. The molecule has 1 saturated heterocycles. The van der Waals surface area contributed by atoms with Gasteiger partial charge in [0, 0.05) is 30.9 Å². The molecule has 26 heavy (non-hydrogen) atoms. The monoisotopic (exact) mass is 376 g/mol. The van der Waals surface area contributed by atoms with Gasteiger partial charge in [-0.25, -0.2) is 8.42 Å². The van der Waals surface area contributed by atoms with E-state index in [1.165, 1.54) is 0 Å². The summed E-state index contributed by atoms with van der Waals surface area (Å²) in [6, 6.07) is 9.66. The fourth-order valence-electron chi connectivity index (χ4n) is 3.33. The number of likely N-dealkylation sites (tertiary alicyclic amines) is 1. The molecule has 1 aliphatic heterocycles. The Labute approximate surface area is 156 Å². The molecule has 6 nitrogen and oxygen atoms in total. The van der Waals surface area contributed by atoms with Crippen molar-refractivity contribution in [2.75, 3.05) is 27.2 Å². The van der Waals surface area contributed by atoms with Crippen LogP contribution in [0, 0.1) is 0 Å². The maximum absolute atomic E-state index is 13.4. The van der Waals surface area contributed by atoms with Crippen molar-refractivity contribution in [3.05, 3.63) is 36.5 Å². The third kappa shape index (κ3) is 3.70. The number of sulfonamides is 1. The van der Waals surface area contributed by atoms with Gasteiger partial charge in [-0.15, -0.1) is 0 Å². The van der Waals surface area contributed by atoms with Crippen LogP contribution in [0.15, 0.2) is 41.4 Å². The van der Waals surface area contributed by atoms with Gasteiger partial charge in [0.05, 0.1) is 0 Å². The van der Waals surface area contributed by atoms with Crippen LogP contribution in [0.3, 0.4) is 0 Å². The highest BCUT2D eigenvalue weighted by atomic mass is 32.2. The van der Waals surface area contributed by atoms with Crippen molar-refractivity contribution in [1.29, 1.82) is 0 Å². The maximum atomic E-state index is 13.4. The van der Waals surface area contributed by atoms with Gasteiger partial charge in [-0.3, -0.25) is 4.68 Å². The first-order chi connectivity index (χ1) is 12.3. The summed E-state index contributed by atoms with van der Waals surface area (Å²) in [6.45, 7) is 5.83.